The molecule has 4 nitrogen and oxygen atoms in total. The highest BCUT2D eigenvalue weighted by molar-refractivity contribution is 6.30. The summed E-state index contributed by atoms with van der Waals surface area (Å²) in [5.74, 6) is 1.53. The minimum atomic E-state index is -0.527. The molecule has 0 amide bonds. The van der Waals surface area contributed by atoms with E-state index in [4.69, 9.17) is 16.3 Å². The quantitative estimate of drug-likeness (QED) is 0.904. The third-order valence-electron chi connectivity index (χ3n) is 2.54. The standard InChI is InChI=1S/C14H15ClFN3O/c1-3-12-18-13(17-4-2)8-14(19-12)20-9-5-6-10(15)11(16)7-9/h5-8H,3-4H2,1-2H3,(H,17,18,19). The molecule has 20 heavy (non-hydrogen) atoms. The highest BCUT2D eigenvalue weighted by Gasteiger charge is 2.07. The van der Waals surface area contributed by atoms with Gasteiger partial charge in [0.1, 0.15) is 23.2 Å². The molecule has 1 heterocycles. The molecule has 0 atom stereocenters. The van der Waals surface area contributed by atoms with Crippen molar-refractivity contribution in [2.45, 2.75) is 20.3 Å². The van der Waals surface area contributed by atoms with Crippen LogP contribution in [0.1, 0.15) is 19.7 Å². The Bertz CT molecular complexity index is 607. The maximum absolute atomic E-state index is 13.4. The van der Waals surface area contributed by atoms with Crippen molar-refractivity contribution >= 4 is 17.4 Å². The Labute approximate surface area is 122 Å². The second kappa shape index (κ2) is 6.52. The van der Waals surface area contributed by atoms with Gasteiger partial charge >= 0.3 is 0 Å². The summed E-state index contributed by atoms with van der Waals surface area (Å²) >= 11 is 5.63. The van der Waals surface area contributed by atoms with Crippen molar-refractivity contribution in [2.75, 3.05) is 11.9 Å². The molecule has 0 radical (unpaired) electrons. The zero-order chi connectivity index (χ0) is 14.5. The van der Waals surface area contributed by atoms with E-state index in [9.17, 15) is 4.39 Å². The Kier molecular flexibility index (Phi) is 4.74. The van der Waals surface area contributed by atoms with Gasteiger partial charge in [0, 0.05) is 25.1 Å². The summed E-state index contributed by atoms with van der Waals surface area (Å²) in [4.78, 5) is 8.57. The van der Waals surface area contributed by atoms with Crippen LogP contribution in [0.25, 0.3) is 0 Å². The van der Waals surface area contributed by atoms with Gasteiger partial charge < -0.3 is 10.1 Å². The molecular formula is C14H15ClFN3O. The Morgan fingerprint density at radius 1 is 1.25 bits per heavy atom. The number of nitrogens with one attached hydrogen (secondary N) is 1. The second-order valence-electron chi connectivity index (χ2n) is 4.07. The number of anilines is 1. The molecule has 1 N–H and O–H groups in total. The lowest BCUT2D eigenvalue weighted by Gasteiger charge is -2.09. The second-order valence-corrected chi connectivity index (χ2v) is 4.48. The van der Waals surface area contributed by atoms with E-state index in [1.807, 2.05) is 13.8 Å². The molecule has 0 unspecified atom stereocenters. The van der Waals surface area contributed by atoms with Gasteiger partial charge in [0.05, 0.1) is 5.02 Å². The summed E-state index contributed by atoms with van der Waals surface area (Å²) in [7, 11) is 0. The number of aromatic nitrogens is 2. The fourth-order valence-corrected chi connectivity index (χ4v) is 1.73. The Hall–Kier alpha value is -1.88. The SMILES string of the molecule is CCNc1cc(Oc2ccc(Cl)c(F)c2)nc(CC)n1. The minimum Gasteiger partial charge on any atom is -0.439 e. The van der Waals surface area contributed by atoms with Gasteiger partial charge in [0.15, 0.2) is 0 Å². The molecule has 0 spiro atoms. The number of ether oxygens (including phenoxy) is 1. The van der Waals surface area contributed by atoms with Crippen LogP contribution in [-0.4, -0.2) is 16.5 Å². The zero-order valence-corrected chi connectivity index (χ0v) is 12.0. The lowest BCUT2D eigenvalue weighted by molar-refractivity contribution is 0.454. The molecule has 6 heteroatoms. The monoisotopic (exact) mass is 295 g/mol. The summed E-state index contributed by atoms with van der Waals surface area (Å²) in [6, 6.07) is 5.93. The van der Waals surface area contributed by atoms with E-state index in [1.165, 1.54) is 12.1 Å². The van der Waals surface area contributed by atoms with Crippen LogP contribution in [0.2, 0.25) is 5.02 Å². The van der Waals surface area contributed by atoms with Crippen LogP contribution in [0.15, 0.2) is 24.3 Å². The Morgan fingerprint density at radius 2 is 2.05 bits per heavy atom. The summed E-state index contributed by atoms with van der Waals surface area (Å²) in [5, 5.41) is 3.16. The maximum atomic E-state index is 13.4. The molecule has 106 valence electrons. The number of halogens is 2. The van der Waals surface area contributed by atoms with Gasteiger partial charge in [-0.15, -0.1) is 0 Å². The average Bonchev–Trinajstić information content (AvgIpc) is 2.43. The largest absolute Gasteiger partial charge is 0.439 e. The summed E-state index contributed by atoms with van der Waals surface area (Å²) < 4.78 is 18.9. The van der Waals surface area contributed by atoms with Crippen molar-refractivity contribution in [1.82, 2.24) is 9.97 Å². The summed E-state index contributed by atoms with van der Waals surface area (Å²) in [6.07, 6.45) is 0.685. The molecule has 0 aliphatic carbocycles. The summed E-state index contributed by atoms with van der Waals surface area (Å²) in [6.45, 7) is 4.68. The molecule has 0 fully saturated rings. The molecule has 0 aliphatic rings. The number of hydrogen-bond acceptors (Lipinski definition) is 4. The highest BCUT2D eigenvalue weighted by Crippen LogP contribution is 2.25. The van der Waals surface area contributed by atoms with Gasteiger partial charge in [0.25, 0.3) is 0 Å². The maximum Gasteiger partial charge on any atom is 0.224 e. The number of aryl methyl sites for hydroxylation is 1. The molecule has 0 saturated carbocycles. The van der Waals surface area contributed by atoms with E-state index in [1.54, 1.807) is 12.1 Å². The van der Waals surface area contributed by atoms with Crippen molar-refractivity contribution < 1.29 is 9.13 Å². The highest BCUT2D eigenvalue weighted by atomic mass is 35.5. The molecule has 2 rings (SSSR count). The molecule has 1 aromatic heterocycles. The summed E-state index contributed by atoms with van der Waals surface area (Å²) in [5.41, 5.74) is 0. The van der Waals surface area contributed by atoms with Crippen molar-refractivity contribution in [2.24, 2.45) is 0 Å². The fourth-order valence-electron chi connectivity index (χ4n) is 1.62. The van der Waals surface area contributed by atoms with E-state index < -0.39 is 5.82 Å². The molecule has 0 bridgehead atoms. The van der Waals surface area contributed by atoms with Crippen LogP contribution in [-0.2, 0) is 6.42 Å². The Balaban J connectivity index is 2.27. The molecule has 2 aromatic rings. The molecule has 0 aliphatic heterocycles. The number of hydrogen-bond donors (Lipinski definition) is 1. The third-order valence-corrected chi connectivity index (χ3v) is 2.84. The first-order chi connectivity index (χ1) is 9.62. The van der Waals surface area contributed by atoms with Gasteiger partial charge in [-0.2, -0.15) is 4.98 Å². The zero-order valence-electron chi connectivity index (χ0n) is 11.3. The smallest absolute Gasteiger partial charge is 0.224 e. The first-order valence-electron chi connectivity index (χ1n) is 6.37. The van der Waals surface area contributed by atoms with Crippen molar-refractivity contribution in [3.05, 3.63) is 40.9 Å². The van der Waals surface area contributed by atoms with Crippen LogP contribution in [0.4, 0.5) is 10.2 Å². The van der Waals surface area contributed by atoms with E-state index in [2.05, 4.69) is 15.3 Å². The van der Waals surface area contributed by atoms with Crippen LogP contribution in [0.5, 0.6) is 11.6 Å². The van der Waals surface area contributed by atoms with Crippen LogP contribution in [0.3, 0.4) is 0 Å². The van der Waals surface area contributed by atoms with Crippen LogP contribution < -0.4 is 10.1 Å². The molecule has 1 aromatic carbocycles. The third kappa shape index (κ3) is 3.57. The minimum absolute atomic E-state index is 0.0580. The van der Waals surface area contributed by atoms with E-state index >= 15 is 0 Å². The predicted octanol–water partition coefficient (Wildman–Crippen LogP) is 4.06. The first-order valence-corrected chi connectivity index (χ1v) is 6.75. The predicted molar refractivity (Wildman–Crippen MR) is 77.1 cm³/mol. The van der Waals surface area contributed by atoms with Crippen LogP contribution in [0, 0.1) is 5.82 Å². The normalized spacial score (nSPS) is 10.4. The van der Waals surface area contributed by atoms with Gasteiger partial charge in [0.2, 0.25) is 5.88 Å². The molecule has 0 saturated heterocycles. The molecular weight excluding hydrogens is 281 g/mol. The fraction of sp³-hybridized carbons (Fsp3) is 0.286. The van der Waals surface area contributed by atoms with Gasteiger partial charge in [-0.3, -0.25) is 0 Å². The lowest BCUT2D eigenvalue weighted by atomic mass is 10.3. The average molecular weight is 296 g/mol. The van der Waals surface area contributed by atoms with Crippen molar-refractivity contribution in [1.29, 1.82) is 0 Å². The van der Waals surface area contributed by atoms with E-state index in [-0.39, 0.29) is 5.02 Å². The Morgan fingerprint density at radius 3 is 2.70 bits per heavy atom. The number of benzene rings is 1. The van der Waals surface area contributed by atoms with Crippen molar-refractivity contribution in [3.63, 3.8) is 0 Å². The van der Waals surface area contributed by atoms with E-state index in [0.717, 1.165) is 6.54 Å². The topological polar surface area (TPSA) is 47.0 Å². The van der Waals surface area contributed by atoms with Crippen molar-refractivity contribution in [3.8, 4) is 11.6 Å². The van der Waals surface area contributed by atoms with Crippen LogP contribution >= 0.6 is 11.6 Å². The number of nitrogens with zero attached hydrogens (tertiary/aromatic N) is 2. The lowest BCUT2D eigenvalue weighted by Crippen LogP contribution is -2.04. The van der Waals surface area contributed by atoms with E-state index in [0.29, 0.717) is 29.7 Å². The first kappa shape index (κ1) is 14.5. The van der Waals surface area contributed by atoms with Gasteiger partial charge in [-0.1, -0.05) is 18.5 Å². The van der Waals surface area contributed by atoms with Gasteiger partial charge in [-0.25, -0.2) is 9.37 Å². The van der Waals surface area contributed by atoms with Gasteiger partial charge in [-0.05, 0) is 19.1 Å². The number of rotatable bonds is 5.